The third-order valence-electron chi connectivity index (χ3n) is 3.62. The first-order chi connectivity index (χ1) is 10.3. The van der Waals surface area contributed by atoms with E-state index in [1.807, 2.05) is 0 Å². The molecule has 1 saturated heterocycles. The van der Waals surface area contributed by atoms with E-state index in [9.17, 15) is 22.0 Å². The lowest BCUT2D eigenvalue weighted by Crippen LogP contribution is -2.35. The van der Waals surface area contributed by atoms with Gasteiger partial charge in [-0.25, -0.2) is 8.42 Å². The minimum absolute atomic E-state index is 0.00423. The molecule has 0 spiro atoms. The minimum Gasteiger partial charge on any atom is -0.321 e. The number of piperidine rings is 1. The molecule has 1 aliphatic heterocycles. The van der Waals surface area contributed by atoms with Gasteiger partial charge in [0.25, 0.3) is 5.91 Å². The van der Waals surface area contributed by atoms with E-state index in [2.05, 4.69) is 5.32 Å². The Labute approximate surface area is 128 Å². The van der Waals surface area contributed by atoms with Gasteiger partial charge < -0.3 is 5.32 Å². The molecule has 1 heterocycles. The monoisotopic (exact) mass is 332 g/mol. The van der Waals surface area contributed by atoms with Gasteiger partial charge in [0.2, 0.25) is 10.0 Å². The summed E-state index contributed by atoms with van der Waals surface area (Å²) in [6, 6.07) is 4.16. The molecule has 0 saturated carbocycles. The molecule has 1 amide bonds. The molecule has 2 rings (SSSR count). The second-order valence-electron chi connectivity index (χ2n) is 5.23. The second-order valence-corrected chi connectivity index (χ2v) is 7.17. The van der Waals surface area contributed by atoms with Gasteiger partial charge in [-0.2, -0.15) is 13.1 Å². The number of halogens is 2. The van der Waals surface area contributed by atoms with E-state index in [0.29, 0.717) is 18.7 Å². The Morgan fingerprint density at radius 3 is 2.45 bits per heavy atom. The molecule has 22 heavy (non-hydrogen) atoms. The highest BCUT2D eigenvalue weighted by Crippen LogP contribution is 2.25. The van der Waals surface area contributed by atoms with E-state index >= 15 is 0 Å². The van der Waals surface area contributed by atoms with Crippen molar-refractivity contribution in [1.29, 1.82) is 0 Å². The lowest BCUT2D eigenvalue weighted by Gasteiger charge is -2.26. The fourth-order valence-corrected chi connectivity index (χ4v) is 3.88. The summed E-state index contributed by atoms with van der Waals surface area (Å²) >= 11 is 0. The fourth-order valence-electron chi connectivity index (χ4n) is 2.34. The summed E-state index contributed by atoms with van der Waals surface area (Å²) in [6.07, 6.45) is -0.544. The number of sulfonamides is 1. The van der Waals surface area contributed by atoms with Gasteiger partial charge in [0.05, 0.1) is 4.90 Å². The SMILES string of the molecule is Cc1ccc(S(=O)(=O)N2CCCCC2)cc1NC(=O)C(F)F. The zero-order valence-corrected chi connectivity index (χ0v) is 13.0. The van der Waals surface area contributed by atoms with Crippen LogP contribution in [0.3, 0.4) is 0 Å². The predicted molar refractivity (Wildman–Crippen MR) is 78.4 cm³/mol. The zero-order valence-electron chi connectivity index (χ0n) is 12.2. The topological polar surface area (TPSA) is 66.5 Å². The Hall–Kier alpha value is -1.54. The van der Waals surface area contributed by atoms with E-state index in [0.717, 1.165) is 19.3 Å². The van der Waals surface area contributed by atoms with Crippen molar-refractivity contribution in [3.8, 4) is 0 Å². The van der Waals surface area contributed by atoms with Crippen LogP contribution in [0.2, 0.25) is 0 Å². The van der Waals surface area contributed by atoms with E-state index < -0.39 is 22.4 Å². The van der Waals surface area contributed by atoms with Crippen molar-refractivity contribution in [2.45, 2.75) is 37.5 Å². The molecule has 1 aliphatic rings. The van der Waals surface area contributed by atoms with Gasteiger partial charge in [-0.05, 0) is 37.5 Å². The van der Waals surface area contributed by atoms with Crippen molar-refractivity contribution >= 4 is 21.6 Å². The normalized spacial score (nSPS) is 16.7. The highest BCUT2D eigenvalue weighted by molar-refractivity contribution is 7.89. The Bertz CT molecular complexity index is 656. The number of carbonyl (C=O) groups excluding carboxylic acids is 1. The maximum Gasteiger partial charge on any atom is 0.315 e. The smallest absolute Gasteiger partial charge is 0.315 e. The summed E-state index contributed by atoms with van der Waals surface area (Å²) in [6.45, 7) is 2.52. The molecule has 0 bridgehead atoms. The van der Waals surface area contributed by atoms with Crippen LogP contribution < -0.4 is 5.32 Å². The molecule has 0 atom stereocenters. The van der Waals surface area contributed by atoms with Crippen LogP contribution in [0.5, 0.6) is 0 Å². The van der Waals surface area contributed by atoms with Crippen molar-refractivity contribution < 1.29 is 22.0 Å². The van der Waals surface area contributed by atoms with Crippen molar-refractivity contribution in [2.75, 3.05) is 18.4 Å². The number of rotatable bonds is 4. The van der Waals surface area contributed by atoms with Gasteiger partial charge in [-0.3, -0.25) is 4.79 Å². The molecule has 1 N–H and O–H groups in total. The largest absolute Gasteiger partial charge is 0.321 e. The molecule has 0 unspecified atom stereocenters. The third-order valence-corrected chi connectivity index (χ3v) is 5.51. The molecular weight excluding hydrogens is 314 g/mol. The van der Waals surface area contributed by atoms with Gasteiger partial charge in [0.15, 0.2) is 0 Å². The van der Waals surface area contributed by atoms with Gasteiger partial charge in [-0.15, -0.1) is 0 Å². The number of anilines is 1. The number of carbonyl (C=O) groups is 1. The number of amides is 1. The highest BCUT2D eigenvalue weighted by atomic mass is 32.2. The molecule has 1 aromatic carbocycles. The summed E-state index contributed by atoms with van der Waals surface area (Å²) in [4.78, 5) is 11.1. The van der Waals surface area contributed by atoms with E-state index in [4.69, 9.17) is 0 Å². The molecule has 0 radical (unpaired) electrons. The first-order valence-electron chi connectivity index (χ1n) is 7.02. The molecule has 0 aromatic heterocycles. The minimum atomic E-state index is -3.66. The number of alkyl halides is 2. The van der Waals surface area contributed by atoms with Crippen LogP contribution >= 0.6 is 0 Å². The quantitative estimate of drug-likeness (QED) is 0.920. The van der Waals surface area contributed by atoms with E-state index in [1.165, 1.54) is 22.5 Å². The number of nitrogens with one attached hydrogen (secondary N) is 1. The molecular formula is C14H18F2N2O3S. The summed E-state index contributed by atoms with van der Waals surface area (Å²) in [5.41, 5.74) is 0.606. The van der Waals surface area contributed by atoms with E-state index in [-0.39, 0.29) is 10.6 Å². The van der Waals surface area contributed by atoms with Crippen LogP contribution in [0.4, 0.5) is 14.5 Å². The van der Waals surface area contributed by atoms with Crippen LogP contribution in [0.15, 0.2) is 23.1 Å². The van der Waals surface area contributed by atoms with Crippen molar-refractivity contribution in [3.63, 3.8) is 0 Å². The number of hydrogen-bond donors (Lipinski definition) is 1. The Kier molecular flexibility index (Phi) is 5.12. The zero-order chi connectivity index (χ0) is 16.3. The van der Waals surface area contributed by atoms with Crippen molar-refractivity contribution in [3.05, 3.63) is 23.8 Å². The first kappa shape index (κ1) is 16.8. The summed E-state index contributed by atoms with van der Waals surface area (Å²) in [5.74, 6) is -1.45. The highest BCUT2D eigenvalue weighted by Gasteiger charge is 2.26. The van der Waals surface area contributed by atoms with Crippen LogP contribution in [0.1, 0.15) is 24.8 Å². The predicted octanol–water partition coefficient (Wildman–Crippen LogP) is 2.37. The molecule has 1 aromatic rings. The van der Waals surface area contributed by atoms with Gasteiger partial charge in [0.1, 0.15) is 0 Å². The molecule has 1 fully saturated rings. The number of benzene rings is 1. The van der Waals surface area contributed by atoms with Gasteiger partial charge in [0, 0.05) is 18.8 Å². The van der Waals surface area contributed by atoms with Crippen LogP contribution in [0, 0.1) is 6.92 Å². The summed E-state index contributed by atoms with van der Waals surface area (Å²) < 4.78 is 51.1. The standard InChI is InChI=1S/C14H18F2N2O3S/c1-10-5-6-11(9-12(10)17-14(19)13(15)16)22(20,21)18-7-3-2-4-8-18/h5-6,9,13H,2-4,7-8H2,1H3,(H,17,19). The first-order valence-corrected chi connectivity index (χ1v) is 8.46. The lowest BCUT2D eigenvalue weighted by atomic mass is 10.2. The summed E-state index contributed by atoms with van der Waals surface area (Å²) in [7, 11) is -3.66. The maximum absolute atomic E-state index is 12.5. The van der Waals surface area contributed by atoms with Crippen molar-refractivity contribution in [2.24, 2.45) is 0 Å². The Morgan fingerprint density at radius 2 is 1.86 bits per heavy atom. The van der Waals surface area contributed by atoms with Gasteiger partial charge in [-0.1, -0.05) is 12.5 Å². The van der Waals surface area contributed by atoms with Crippen LogP contribution in [-0.4, -0.2) is 38.1 Å². The average molecular weight is 332 g/mol. The lowest BCUT2D eigenvalue weighted by molar-refractivity contribution is -0.126. The molecule has 5 nitrogen and oxygen atoms in total. The van der Waals surface area contributed by atoms with Crippen LogP contribution in [0.25, 0.3) is 0 Å². The average Bonchev–Trinajstić information content (AvgIpc) is 2.50. The number of nitrogens with zero attached hydrogens (tertiary/aromatic N) is 1. The Balaban J connectivity index is 2.30. The number of hydrogen-bond acceptors (Lipinski definition) is 3. The third kappa shape index (κ3) is 3.61. The molecule has 122 valence electrons. The van der Waals surface area contributed by atoms with Gasteiger partial charge >= 0.3 is 6.43 Å². The maximum atomic E-state index is 12.5. The second kappa shape index (κ2) is 6.70. The summed E-state index contributed by atoms with van der Waals surface area (Å²) in [5, 5.41) is 2.05. The molecule has 8 heteroatoms. The number of aryl methyl sites for hydroxylation is 1. The van der Waals surface area contributed by atoms with Crippen LogP contribution in [-0.2, 0) is 14.8 Å². The van der Waals surface area contributed by atoms with Crippen molar-refractivity contribution in [1.82, 2.24) is 4.31 Å². The fraction of sp³-hybridized carbons (Fsp3) is 0.500. The molecule has 0 aliphatic carbocycles. The Morgan fingerprint density at radius 1 is 1.23 bits per heavy atom. The van der Waals surface area contributed by atoms with E-state index in [1.54, 1.807) is 6.92 Å².